The maximum Gasteiger partial charge on any atom is 0.125 e. The lowest BCUT2D eigenvalue weighted by molar-refractivity contribution is 0.628. The Hall–Kier alpha value is -2.03. The molecule has 2 aromatic carbocycles. The van der Waals surface area contributed by atoms with E-state index in [0.29, 0.717) is 11.4 Å². The van der Waals surface area contributed by atoms with Gasteiger partial charge in [-0.3, -0.25) is 0 Å². The van der Waals surface area contributed by atoms with Crippen LogP contribution >= 0.6 is 0 Å². The average Bonchev–Trinajstić information content (AvgIpc) is 2.36. The summed E-state index contributed by atoms with van der Waals surface area (Å²) < 4.78 is 13.3. The summed E-state index contributed by atoms with van der Waals surface area (Å²) in [6.45, 7) is 2.75. The van der Waals surface area contributed by atoms with Crippen LogP contribution in [0.4, 0.5) is 21.5 Å². The molecule has 0 saturated carbocycles. The second-order valence-electron chi connectivity index (χ2n) is 3.78. The first-order valence-corrected chi connectivity index (χ1v) is 5.60. The fourth-order valence-corrected chi connectivity index (χ4v) is 1.85. The van der Waals surface area contributed by atoms with Crippen LogP contribution in [0.25, 0.3) is 0 Å². The van der Waals surface area contributed by atoms with Gasteiger partial charge in [-0.25, -0.2) is 4.39 Å². The Kier molecular flexibility index (Phi) is 3.28. The lowest BCUT2D eigenvalue weighted by Gasteiger charge is -2.24. The lowest BCUT2D eigenvalue weighted by Crippen LogP contribution is -2.17. The predicted octanol–water partition coefficient (Wildman–Crippen LogP) is 3.57. The molecule has 0 spiro atoms. The van der Waals surface area contributed by atoms with Gasteiger partial charge in [0.05, 0.1) is 11.4 Å². The van der Waals surface area contributed by atoms with E-state index in [-0.39, 0.29) is 5.82 Å². The predicted molar refractivity (Wildman–Crippen MR) is 69.9 cm³/mol. The number of halogens is 1. The quantitative estimate of drug-likeness (QED) is 0.817. The van der Waals surface area contributed by atoms with Gasteiger partial charge in [-0.1, -0.05) is 18.2 Å². The molecule has 0 aromatic heterocycles. The fourth-order valence-electron chi connectivity index (χ4n) is 1.85. The third kappa shape index (κ3) is 2.38. The third-order valence-electron chi connectivity index (χ3n) is 2.67. The molecule has 88 valence electrons. The molecular weight excluding hydrogens is 215 g/mol. The van der Waals surface area contributed by atoms with E-state index < -0.39 is 0 Å². The second kappa shape index (κ2) is 4.87. The van der Waals surface area contributed by atoms with Crippen LogP contribution in [-0.2, 0) is 0 Å². The molecule has 0 atom stereocenters. The molecule has 0 aliphatic heterocycles. The molecule has 0 fully saturated rings. The Morgan fingerprint density at radius 3 is 2.47 bits per heavy atom. The second-order valence-corrected chi connectivity index (χ2v) is 3.78. The summed E-state index contributed by atoms with van der Waals surface area (Å²) in [7, 11) is 0. The Bertz CT molecular complexity index is 497. The zero-order valence-corrected chi connectivity index (χ0v) is 9.73. The highest BCUT2D eigenvalue weighted by atomic mass is 19.1. The number of nitrogen functional groups attached to an aromatic ring is 1. The van der Waals surface area contributed by atoms with Crippen LogP contribution in [0.2, 0.25) is 0 Å². The zero-order chi connectivity index (χ0) is 12.3. The van der Waals surface area contributed by atoms with Crippen LogP contribution in [0.3, 0.4) is 0 Å². The van der Waals surface area contributed by atoms with E-state index in [1.807, 2.05) is 42.2 Å². The molecule has 0 heterocycles. The van der Waals surface area contributed by atoms with E-state index in [1.165, 1.54) is 12.1 Å². The van der Waals surface area contributed by atoms with Crippen molar-refractivity contribution < 1.29 is 4.39 Å². The number of nitrogens with zero attached hydrogens (tertiary/aromatic N) is 1. The molecule has 0 aliphatic carbocycles. The molecule has 3 heteroatoms. The summed E-state index contributed by atoms with van der Waals surface area (Å²) in [5, 5.41) is 0. The molecular formula is C14H15FN2. The van der Waals surface area contributed by atoms with Crippen molar-refractivity contribution in [1.82, 2.24) is 0 Å². The van der Waals surface area contributed by atoms with Crippen LogP contribution < -0.4 is 10.6 Å². The van der Waals surface area contributed by atoms with E-state index in [2.05, 4.69) is 0 Å². The topological polar surface area (TPSA) is 29.3 Å². The molecule has 0 saturated heterocycles. The number of para-hydroxylation sites is 1. The number of nitrogens with two attached hydrogens (primary N) is 1. The highest BCUT2D eigenvalue weighted by Crippen LogP contribution is 2.30. The van der Waals surface area contributed by atoms with Gasteiger partial charge < -0.3 is 10.6 Å². The lowest BCUT2D eigenvalue weighted by atomic mass is 10.2. The molecule has 2 N–H and O–H groups in total. The molecule has 0 aliphatic rings. The highest BCUT2D eigenvalue weighted by Gasteiger charge is 2.10. The number of hydrogen-bond donors (Lipinski definition) is 1. The third-order valence-corrected chi connectivity index (χ3v) is 2.67. The van der Waals surface area contributed by atoms with E-state index in [4.69, 9.17) is 5.73 Å². The van der Waals surface area contributed by atoms with E-state index in [0.717, 1.165) is 12.2 Å². The van der Waals surface area contributed by atoms with Crippen molar-refractivity contribution >= 4 is 17.1 Å². The van der Waals surface area contributed by atoms with E-state index in [9.17, 15) is 4.39 Å². The molecule has 2 aromatic rings. The van der Waals surface area contributed by atoms with Gasteiger partial charge in [0.15, 0.2) is 0 Å². The first-order chi connectivity index (χ1) is 8.22. The number of anilines is 3. The smallest absolute Gasteiger partial charge is 0.125 e. The summed E-state index contributed by atoms with van der Waals surface area (Å²) in [4.78, 5) is 1.98. The van der Waals surface area contributed by atoms with E-state index in [1.54, 1.807) is 6.07 Å². The molecule has 2 rings (SSSR count). The maximum absolute atomic E-state index is 13.3. The van der Waals surface area contributed by atoms with Crippen LogP contribution in [0, 0.1) is 5.82 Å². The summed E-state index contributed by atoms with van der Waals surface area (Å²) >= 11 is 0. The summed E-state index contributed by atoms with van der Waals surface area (Å²) in [5.41, 5.74) is 8.19. The van der Waals surface area contributed by atoms with Gasteiger partial charge in [-0.2, -0.15) is 0 Å². The largest absolute Gasteiger partial charge is 0.397 e. The minimum absolute atomic E-state index is 0.274. The Labute approximate surface area is 100 Å². The maximum atomic E-state index is 13.3. The summed E-state index contributed by atoms with van der Waals surface area (Å²) in [5.74, 6) is -0.274. The monoisotopic (exact) mass is 230 g/mol. The minimum Gasteiger partial charge on any atom is -0.397 e. The molecule has 2 nitrogen and oxygen atoms in total. The van der Waals surface area contributed by atoms with Crippen molar-refractivity contribution in [2.75, 3.05) is 17.2 Å². The molecule has 17 heavy (non-hydrogen) atoms. The van der Waals surface area contributed by atoms with Crippen molar-refractivity contribution in [2.24, 2.45) is 0 Å². The first-order valence-electron chi connectivity index (χ1n) is 5.60. The Morgan fingerprint density at radius 1 is 1.12 bits per heavy atom. The normalized spacial score (nSPS) is 10.2. The Morgan fingerprint density at radius 2 is 1.82 bits per heavy atom. The van der Waals surface area contributed by atoms with Gasteiger partial charge in [0.1, 0.15) is 5.82 Å². The van der Waals surface area contributed by atoms with Gasteiger partial charge in [0, 0.05) is 12.2 Å². The number of rotatable bonds is 3. The minimum atomic E-state index is -0.274. The first kappa shape index (κ1) is 11.5. The van der Waals surface area contributed by atoms with Gasteiger partial charge in [-0.05, 0) is 37.3 Å². The Balaban J connectivity index is 2.46. The standard InChI is InChI=1S/C14H15FN2/c1-2-17(12-6-4-3-5-7-12)14-10-11(15)8-9-13(14)16/h3-10H,2,16H2,1H3. The number of benzene rings is 2. The van der Waals surface area contributed by atoms with Gasteiger partial charge in [0.2, 0.25) is 0 Å². The molecule has 0 amide bonds. The average molecular weight is 230 g/mol. The van der Waals surface area contributed by atoms with Gasteiger partial charge in [0.25, 0.3) is 0 Å². The number of hydrogen-bond acceptors (Lipinski definition) is 2. The van der Waals surface area contributed by atoms with Crippen molar-refractivity contribution in [3.63, 3.8) is 0 Å². The van der Waals surface area contributed by atoms with Crippen molar-refractivity contribution in [1.29, 1.82) is 0 Å². The van der Waals surface area contributed by atoms with Crippen molar-refractivity contribution in [3.05, 3.63) is 54.3 Å². The summed E-state index contributed by atoms with van der Waals surface area (Å²) in [6.07, 6.45) is 0. The van der Waals surface area contributed by atoms with Crippen molar-refractivity contribution in [3.8, 4) is 0 Å². The van der Waals surface area contributed by atoms with Crippen molar-refractivity contribution in [2.45, 2.75) is 6.92 Å². The van der Waals surface area contributed by atoms with E-state index >= 15 is 0 Å². The van der Waals surface area contributed by atoms with Gasteiger partial charge in [-0.15, -0.1) is 0 Å². The molecule has 0 unspecified atom stereocenters. The van der Waals surface area contributed by atoms with Crippen LogP contribution in [0.5, 0.6) is 0 Å². The summed E-state index contributed by atoms with van der Waals surface area (Å²) in [6, 6.07) is 14.2. The van der Waals surface area contributed by atoms with Gasteiger partial charge >= 0.3 is 0 Å². The van der Waals surface area contributed by atoms with Crippen LogP contribution in [0.15, 0.2) is 48.5 Å². The highest BCUT2D eigenvalue weighted by molar-refractivity contribution is 5.74. The zero-order valence-electron chi connectivity index (χ0n) is 9.73. The molecule has 0 bridgehead atoms. The fraction of sp³-hybridized carbons (Fsp3) is 0.143. The molecule has 0 radical (unpaired) electrons. The SMILES string of the molecule is CCN(c1ccccc1)c1cc(F)ccc1N. The van der Waals surface area contributed by atoms with Crippen LogP contribution in [-0.4, -0.2) is 6.54 Å². The van der Waals surface area contributed by atoms with Crippen LogP contribution in [0.1, 0.15) is 6.92 Å².